The summed E-state index contributed by atoms with van der Waals surface area (Å²) in [6, 6.07) is 11.6. The summed E-state index contributed by atoms with van der Waals surface area (Å²) >= 11 is 1.91. The molecular formula is C14H8F3IN2. The first-order chi connectivity index (χ1) is 9.47. The molecule has 1 aromatic heterocycles. The van der Waals surface area contributed by atoms with Gasteiger partial charge in [0.05, 0.1) is 16.6 Å². The Morgan fingerprint density at radius 2 is 1.75 bits per heavy atom. The minimum Gasteiger partial charge on any atom is -0.298 e. The molecule has 6 heteroatoms. The van der Waals surface area contributed by atoms with E-state index >= 15 is 0 Å². The molecule has 3 aromatic rings. The summed E-state index contributed by atoms with van der Waals surface area (Å²) in [7, 11) is 0. The first-order valence-corrected chi connectivity index (χ1v) is 6.84. The molecule has 0 aliphatic heterocycles. The lowest BCUT2D eigenvalue weighted by Crippen LogP contribution is -2.05. The van der Waals surface area contributed by atoms with Crippen LogP contribution in [0.4, 0.5) is 13.2 Å². The van der Waals surface area contributed by atoms with Crippen LogP contribution in [0.15, 0.2) is 48.8 Å². The zero-order valence-corrected chi connectivity index (χ0v) is 12.2. The van der Waals surface area contributed by atoms with Crippen molar-refractivity contribution in [1.29, 1.82) is 0 Å². The zero-order chi connectivity index (χ0) is 14.3. The molecule has 0 amide bonds. The standard InChI is InChI=1S/C14H8F3IN2/c15-14(16,17)9-6-11(18)13-12(7-9)19-8-20(13)10-4-2-1-3-5-10/h1-8H. The van der Waals surface area contributed by atoms with Crippen LogP contribution in [0.5, 0.6) is 0 Å². The number of rotatable bonds is 1. The largest absolute Gasteiger partial charge is 0.416 e. The number of fused-ring (bicyclic) bond motifs is 1. The van der Waals surface area contributed by atoms with Crippen molar-refractivity contribution in [2.45, 2.75) is 6.18 Å². The number of nitrogens with zero attached hydrogens (tertiary/aromatic N) is 2. The minimum absolute atomic E-state index is 0.341. The molecule has 0 spiro atoms. The molecule has 102 valence electrons. The van der Waals surface area contributed by atoms with Crippen LogP contribution in [0.25, 0.3) is 16.7 Å². The summed E-state index contributed by atoms with van der Waals surface area (Å²) in [5.74, 6) is 0. The molecule has 0 aliphatic carbocycles. The van der Waals surface area contributed by atoms with Gasteiger partial charge < -0.3 is 0 Å². The van der Waals surface area contributed by atoms with E-state index in [9.17, 15) is 13.2 Å². The van der Waals surface area contributed by atoms with Gasteiger partial charge in [-0.15, -0.1) is 0 Å². The van der Waals surface area contributed by atoms with E-state index < -0.39 is 11.7 Å². The molecule has 20 heavy (non-hydrogen) atoms. The fraction of sp³-hybridized carbons (Fsp3) is 0.0714. The van der Waals surface area contributed by atoms with E-state index in [0.29, 0.717) is 14.6 Å². The van der Waals surface area contributed by atoms with Gasteiger partial charge in [-0.2, -0.15) is 13.2 Å². The minimum atomic E-state index is -4.36. The highest BCUT2D eigenvalue weighted by Crippen LogP contribution is 2.34. The Hall–Kier alpha value is -1.57. The SMILES string of the molecule is FC(F)(F)c1cc(I)c2c(c1)ncn2-c1ccccc1. The van der Waals surface area contributed by atoms with Crippen molar-refractivity contribution in [3.63, 3.8) is 0 Å². The molecule has 3 rings (SSSR count). The maximum atomic E-state index is 12.8. The zero-order valence-electron chi connectivity index (χ0n) is 10.0. The number of benzene rings is 2. The molecule has 0 aliphatic rings. The average molecular weight is 388 g/mol. The van der Waals surface area contributed by atoms with Crippen LogP contribution in [0.3, 0.4) is 0 Å². The second kappa shape index (κ2) is 4.76. The second-order valence-electron chi connectivity index (χ2n) is 4.27. The number of halogens is 4. The Kier molecular flexibility index (Phi) is 3.19. The predicted molar refractivity (Wildman–Crippen MR) is 78.8 cm³/mol. The number of imidazole rings is 1. The molecular weight excluding hydrogens is 380 g/mol. The average Bonchev–Trinajstić information content (AvgIpc) is 2.83. The lowest BCUT2D eigenvalue weighted by atomic mass is 10.2. The van der Waals surface area contributed by atoms with Crippen LogP contribution in [0, 0.1) is 3.57 Å². The Morgan fingerprint density at radius 3 is 2.40 bits per heavy atom. The topological polar surface area (TPSA) is 17.8 Å². The third kappa shape index (κ3) is 2.28. The summed E-state index contributed by atoms with van der Waals surface area (Å²) in [5, 5.41) is 0. The Bertz CT molecular complexity index is 763. The van der Waals surface area contributed by atoms with Crippen molar-refractivity contribution >= 4 is 33.6 Å². The lowest BCUT2D eigenvalue weighted by Gasteiger charge is -2.09. The Labute approximate surface area is 126 Å². The van der Waals surface area contributed by atoms with E-state index in [0.717, 1.165) is 17.8 Å². The monoisotopic (exact) mass is 388 g/mol. The lowest BCUT2D eigenvalue weighted by molar-refractivity contribution is -0.137. The first kappa shape index (κ1) is 13.4. The van der Waals surface area contributed by atoms with E-state index in [1.807, 2.05) is 52.9 Å². The highest BCUT2D eigenvalue weighted by Gasteiger charge is 2.31. The van der Waals surface area contributed by atoms with Crippen LogP contribution in [0.1, 0.15) is 5.56 Å². The quantitative estimate of drug-likeness (QED) is 0.555. The highest BCUT2D eigenvalue weighted by atomic mass is 127. The van der Waals surface area contributed by atoms with Crippen molar-refractivity contribution in [2.75, 3.05) is 0 Å². The second-order valence-corrected chi connectivity index (χ2v) is 5.44. The molecule has 2 nitrogen and oxygen atoms in total. The van der Waals surface area contributed by atoms with Crippen LogP contribution < -0.4 is 0 Å². The van der Waals surface area contributed by atoms with E-state index in [4.69, 9.17) is 0 Å². The summed E-state index contributed by atoms with van der Waals surface area (Å²) in [5.41, 5.74) is 1.22. The summed E-state index contributed by atoms with van der Waals surface area (Å²) in [6.45, 7) is 0. The van der Waals surface area contributed by atoms with E-state index in [-0.39, 0.29) is 0 Å². The number of alkyl halides is 3. The van der Waals surface area contributed by atoms with Gasteiger partial charge in [0.2, 0.25) is 0 Å². The molecule has 1 heterocycles. The smallest absolute Gasteiger partial charge is 0.298 e. The highest BCUT2D eigenvalue weighted by molar-refractivity contribution is 14.1. The van der Waals surface area contributed by atoms with Gasteiger partial charge in [-0.05, 0) is 46.9 Å². The molecule has 0 fully saturated rings. The van der Waals surface area contributed by atoms with E-state index in [2.05, 4.69) is 4.98 Å². The molecule has 0 radical (unpaired) electrons. The molecule has 0 unspecified atom stereocenters. The fourth-order valence-electron chi connectivity index (χ4n) is 2.05. The molecule has 0 bridgehead atoms. The van der Waals surface area contributed by atoms with Crippen LogP contribution >= 0.6 is 22.6 Å². The van der Waals surface area contributed by atoms with Crippen LogP contribution in [-0.4, -0.2) is 9.55 Å². The van der Waals surface area contributed by atoms with Gasteiger partial charge in [0.15, 0.2) is 0 Å². The van der Waals surface area contributed by atoms with Crippen molar-refractivity contribution in [3.05, 3.63) is 57.9 Å². The molecule has 2 aromatic carbocycles. The number of hydrogen-bond acceptors (Lipinski definition) is 1. The molecule has 0 saturated heterocycles. The van der Waals surface area contributed by atoms with Crippen molar-refractivity contribution in [2.24, 2.45) is 0 Å². The van der Waals surface area contributed by atoms with Gasteiger partial charge in [0.25, 0.3) is 0 Å². The third-order valence-corrected chi connectivity index (χ3v) is 3.78. The normalized spacial score (nSPS) is 12.0. The maximum absolute atomic E-state index is 12.8. The van der Waals surface area contributed by atoms with Gasteiger partial charge in [-0.25, -0.2) is 4.98 Å². The number of hydrogen-bond donors (Lipinski definition) is 0. The maximum Gasteiger partial charge on any atom is 0.416 e. The van der Waals surface area contributed by atoms with Crippen molar-refractivity contribution in [3.8, 4) is 5.69 Å². The van der Waals surface area contributed by atoms with Crippen LogP contribution in [-0.2, 0) is 6.18 Å². The predicted octanol–water partition coefficient (Wildman–Crippen LogP) is 4.65. The summed E-state index contributed by atoms with van der Waals surface area (Å²) in [4.78, 5) is 4.09. The first-order valence-electron chi connectivity index (χ1n) is 5.76. The third-order valence-electron chi connectivity index (χ3n) is 2.96. The molecule has 0 atom stereocenters. The van der Waals surface area contributed by atoms with Gasteiger partial charge in [-0.1, -0.05) is 18.2 Å². The Balaban J connectivity index is 2.24. The fourth-order valence-corrected chi connectivity index (χ4v) is 2.92. The van der Waals surface area contributed by atoms with Gasteiger partial charge in [0.1, 0.15) is 6.33 Å². The summed E-state index contributed by atoms with van der Waals surface area (Å²) < 4.78 is 40.7. The summed E-state index contributed by atoms with van der Waals surface area (Å²) in [6.07, 6.45) is -2.81. The van der Waals surface area contributed by atoms with Crippen molar-refractivity contribution in [1.82, 2.24) is 9.55 Å². The van der Waals surface area contributed by atoms with Crippen molar-refractivity contribution < 1.29 is 13.2 Å². The van der Waals surface area contributed by atoms with E-state index in [1.165, 1.54) is 0 Å². The van der Waals surface area contributed by atoms with Gasteiger partial charge >= 0.3 is 6.18 Å². The van der Waals surface area contributed by atoms with Crippen LogP contribution in [0.2, 0.25) is 0 Å². The molecule has 0 saturated carbocycles. The van der Waals surface area contributed by atoms with Gasteiger partial charge in [-0.3, -0.25) is 4.57 Å². The Morgan fingerprint density at radius 1 is 1.05 bits per heavy atom. The van der Waals surface area contributed by atoms with E-state index in [1.54, 1.807) is 10.9 Å². The number of aromatic nitrogens is 2. The number of para-hydroxylation sites is 1. The molecule has 0 N–H and O–H groups in total. The van der Waals surface area contributed by atoms with Gasteiger partial charge in [0, 0.05) is 9.26 Å².